The van der Waals surface area contributed by atoms with Crippen LogP contribution in [0.2, 0.25) is 0 Å². The van der Waals surface area contributed by atoms with Crippen molar-refractivity contribution < 1.29 is 14.1 Å². The standard InChI is InChI=1S/C18H31N5O3/c1-14(2)18-20-17(26-21-18)13-22-5-3-15(4-6-22)11-19-16(24)12-23-7-9-25-10-8-23/h14-15H,3-13H2,1-2H3,(H,19,24). The second kappa shape index (κ2) is 9.43. The topological polar surface area (TPSA) is 83.7 Å². The van der Waals surface area contributed by atoms with Crippen LogP contribution in [-0.2, 0) is 16.1 Å². The molecule has 146 valence electrons. The number of likely N-dealkylation sites (tertiary alicyclic amines) is 1. The summed E-state index contributed by atoms with van der Waals surface area (Å²) in [5.74, 6) is 2.44. The fourth-order valence-electron chi connectivity index (χ4n) is 3.38. The monoisotopic (exact) mass is 365 g/mol. The van der Waals surface area contributed by atoms with Gasteiger partial charge in [0.25, 0.3) is 0 Å². The second-order valence-corrected chi connectivity index (χ2v) is 7.61. The minimum absolute atomic E-state index is 0.126. The van der Waals surface area contributed by atoms with Crippen LogP contribution in [0.15, 0.2) is 4.52 Å². The van der Waals surface area contributed by atoms with Crippen molar-refractivity contribution in [3.8, 4) is 0 Å². The first-order valence-electron chi connectivity index (χ1n) is 9.72. The highest BCUT2D eigenvalue weighted by Gasteiger charge is 2.22. The Morgan fingerprint density at radius 2 is 1.92 bits per heavy atom. The van der Waals surface area contributed by atoms with Gasteiger partial charge in [0.05, 0.1) is 26.3 Å². The predicted molar refractivity (Wildman–Crippen MR) is 96.7 cm³/mol. The summed E-state index contributed by atoms with van der Waals surface area (Å²) in [5.41, 5.74) is 0. The molecule has 3 heterocycles. The number of hydrogen-bond donors (Lipinski definition) is 1. The fourth-order valence-corrected chi connectivity index (χ4v) is 3.38. The largest absolute Gasteiger partial charge is 0.379 e. The number of morpholine rings is 1. The van der Waals surface area contributed by atoms with Crippen molar-refractivity contribution in [2.75, 3.05) is 52.5 Å². The Balaban J connectivity index is 1.32. The van der Waals surface area contributed by atoms with Crippen LogP contribution in [0.4, 0.5) is 0 Å². The van der Waals surface area contributed by atoms with Crippen LogP contribution in [0.3, 0.4) is 0 Å². The molecule has 8 heteroatoms. The van der Waals surface area contributed by atoms with Gasteiger partial charge in [0.1, 0.15) is 0 Å². The number of carbonyl (C=O) groups excluding carboxylic acids is 1. The van der Waals surface area contributed by atoms with Gasteiger partial charge in [0, 0.05) is 25.6 Å². The Bertz CT molecular complexity index is 563. The third kappa shape index (κ3) is 5.75. The Morgan fingerprint density at radius 3 is 2.58 bits per heavy atom. The van der Waals surface area contributed by atoms with Crippen molar-refractivity contribution in [2.24, 2.45) is 5.92 Å². The molecule has 0 aromatic carbocycles. The summed E-state index contributed by atoms with van der Waals surface area (Å²) in [6.45, 7) is 11.3. The highest BCUT2D eigenvalue weighted by molar-refractivity contribution is 5.78. The molecule has 0 atom stereocenters. The van der Waals surface area contributed by atoms with E-state index in [-0.39, 0.29) is 5.91 Å². The summed E-state index contributed by atoms with van der Waals surface area (Å²) >= 11 is 0. The van der Waals surface area contributed by atoms with E-state index in [0.29, 0.717) is 24.3 Å². The molecule has 26 heavy (non-hydrogen) atoms. The first-order chi connectivity index (χ1) is 12.6. The van der Waals surface area contributed by atoms with Gasteiger partial charge in [0.15, 0.2) is 5.82 Å². The number of rotatable bonds is 7. The maximum atomic E-state index is 12.1. The second-order valence-electron chi connectivity index (χ2n) is 7.61. The van der Waals surface area contributed by atoms with E-state index in [9.17, 15) is 4.79 Å². The third-order valence-electron chi connectivity index (χ3n) is 5.13. The number of hydrogen-bond acceptors (Lipinski definition) is 7. The summed E-state index contributed by atoms with van der Waals surface area (Å²) < 4.78 is 10.6. The molecule has 1 aromatic heterocycles. The highest BCUT2D eigenvalue weighted by atomic mass is 16.5. The van der Waals surface area contributed by atoms with Gasteiger partial charge in [-0.2, -0.15) is 4.98 Å². The van der Waals surface area contributed by atoms with Crippen LogP contribution < -0.4 is 5.32 Å². The van der Waals surface area contributed by atoms with E-state index >= 15 is 0 Å². The molecule has 1 aromatic rings. The van der Waals surface area contributed by atoms with Gasteiger partial charge >= 0.3 is 0 Å². The Morgan fingerprint density at radius 1 is 1.19 bits per heavy atom. The molecule has 0 radical (unpaired) electrons. The van der Waals surface area contributed by atoms with Crippen molar-refractivity contribution >= 4 is 5.91 Å². The van der Waals surface area contributed by atoms with E-state index in [1.165, 1.54) is 0 Å². The van der Waals surface area contributed by atoms with Crippen LogP contribution in [0.1, 0.15) is 44.3 Å². The first kappa shape index (κ1) is 19.3. The molecule has 0 spiro atoms. The van der Waals surface area contributed by atoms with Crippen molar-refractivity contribution in [3.63, 3.8) is 0 Å². The number of ether oxygens (including phenoxy) is 1. The number of amides is 1. The SMILES string of the molecule is CC(C)c1noc(CN2CCC(CNC(=O)CN3CCOCC3)CC2)n1. The van der Waals surface area contributed by atoms with E-state index in [2.05, 4.69) is 39.1 Å². The zero-order chi connectivity index (χ0) is 18.4. The number of carbonyl (C=O) groups is 1. The maximum absolute atomic E-state index is 12.1. The summed E-state index contributed by atoms with van der Waals surface area (Å²) in [4.78, 5) is 21.0. The van der Waals surface area contributed by atoms with Crippen molar-refractivity contribution in [3.05, 3.63) is 11.7 Å². The highest BCUT2D eigenvalue weighted by Crippen LogP contribution is 2.19. The molecule has 3 rings (SSSR count). The number of nitrogens with zero attached hydrogens (tertiary/aromatic N) is 4. The van der Waals surface area contributed by atoms with Crippen LogP contribution >= 0.6 is 0 Å². The lowest BCUT2D eigenvalue weighted by Crippen LogP contribution is -2.45. The average Bonchev–Trinajstić information content (AvgIpc) is 3.11. The van der Waals surface area contributed by atoms with Crippen molar-refractivity contribution in [1.82, 2.24) is 25.3 Å². The van der Waals surface area contributed by atoms with Gasteiger partial charge in [-0.3, -0.25) is 14.6 Å². The number of nitrogens with one attached hydrogen (secondary N) is 1. The zero-order valence-electron chi connectivity index (χ0n) is 15.9. The smallest absolute Gasteiger partial charge is 0.240 e. The van der Waals surface area contributed by atoms with E-state index in [1.54, 1.807) is 0 Å². The molecule has 2 aliphatic heterocycles. The molecule has 0 aliphatic carbocycles. The molecule has 2 aliphatic rings. The van der Waals surface area contributed by atoms with Crippen LogP contribution in [-0.4, -0.2) is 78.3 Å². The quantitative estimate of drug-likeness (QED) is 0.767. The van der Waals surface area contributed by atoms with Gasteiger partial charge in [-0.15, -0.1) is 0 Å². The minimum atomic E-state index is 0.126. The molecule has 2 saturated heterocycles. The maximum Gasteiger partial charge on any atom is 0.240 e. The number of piperidine rings is 1. The molecule has 0 bridgehead atoms. The van der Waals surface area contributed by atoms with E-state index in [0.717, 1.165) is 71.1 Å². The first-order valence-corrected chi connectivity index (χ1v) is 9.72. The van der Waals surface area contributed by atoms with E-state index in [1.807, 2.05) is 0 Å². The van der Waals surface area contributed by atoms with Crippen LogP contribution in [0, 0.1) is 5.92 Å². The molecule has 8 nitrogen and oxygen atoms in total. The lowest BCUT2D eigenvalue weighted by Gasteiger charge is -2.31. The summed E-state index contributed by atoms with van der Waals surface area (Å²) in [7, 11) is 0. The molecule has 1 N–H and O–H groups in total. The van der Waals surface area contributed by atoms with Gasteiger partial charge in [-0.05, 0) is 31.8 Å². The number of aromatic nitrogens is 2. The van der Waals surface area contributed by atoms with Crippen molar-refractivity contribution in [2.45, 2.75) is 39.2 Å². The Hall–Kier alpha value is -1.51. The summed E-state index contributed by atoms with van der Waals surface area (Å²) in [5, 5.41) is 7.12. The normalized spacial score (nSPS) is 20.6. The van der Waals surface area contributed by atoms with Gasteiger partial charge in [-0.1, -0.05) is 19.0 Å². The van der Waals surface area contributed by atoms with E-state index < -0.39 is 0 Å². The van der Waals surface area contributed by atoms with Gasteiger partial charge in [0.2, 0.25) is 11.8 Å². The fraction of sp³-hybridized carbons (Fsp3) is 0.833. The lowest BCUT2D eigenvalue weighted by molar-refractivity contribution is -0.123. The molecule has 1 amide bonds. The lowest BCUT2D eigenvalue weighted by atomic mass is 9.97. The average molecular weight is 365 g/mol. The van der Waals surface area contributed by atoms with E-state index in [4.69, 9.17) is 9.26 Å². The molecule has 0 saturated carbocycles. The van der Waals surface area contributed by atoms with Crippen molar-refractivity contribution in [1.29, 1.82) is 0 Å². The minimum Gasteiger partial charge on any atom is -0.379 e. The molecule has 0 unspecified atom stereocenters. The zero-order valence-corrected chi connectivity index (χ0v) is 15.9. The van der Waals surface area contributed by atoms with Gasteiger partial charge < -0.3 is 14.6 Å². The Labute approximate surface area is 155 Å². The third-order valence-corrected chi connectivity index (χ3v) is 5.13. The van der Waals surface area contributed by atoms with Crippen LogP contribution in [0.25, 0.3) is 0 Å². The molecular weight excluding hydrogens is 334 g/mol. The molecule has 2 fully saturated rings. The van der Waals surface area contributed by atoms with Gasteiger partial charge in [-0.25, -0.2) is 0 Å². The Kier molecular flexibility index (Phi) is 6.99. The predicted octanol–water partition coefficient (Wildman–Crippen LogP) is 0.853. The summed E-state index contributed by atoms with van der Waals surface area (Å²) in [6.07, 6.45) is 2.17. The summed E-state index contributed by atoms with van der Waals surface area (Å²) in [6, 6.07) is 0. The molecular formula is C18H31N5O3. The van der Waals surface area contributed by atoms with Crippen LogP contribution in [0.5, 0.6) is 0 Å².